The van der Waals surface area contributed by atoms with Crippen molar-refractivity contribution in [3.63, 3.8) is 0 Å². The van der Waals surface area contributed by atoms with Gasteiger partial charge in [-0.3, -0.25) is 0 Å². The summed E-state index contributed by atoms with van der Waals surface area (Å²) in [6.07, 6.45) is 0. The third-order valence-corrected chi connectivity index (χ3v) is 4.51. The maximum absolute atomic E-state index is 2.12. The molecule has 0 unspecified atom stereocenters. The summed E-state index contributed by atoms with van der Waals surface area (Å²) < 4.78 is 0. The van der Waals surface area contributed by atoms with Gasteiger partial charge in [0.1, 0.15) is 0 Å². The fourth-order valence-electron chi connectivity index (χ4n) is 2.46. The van der Waals surface area contributed by atoms with Gasteiger partial charge in [-0.05, 0) is 11.1 Å². The summed E-state index contributed by atoms with van der Waals surface area (Å²) in [5.41, 5.74) is 8.11. The zero-order chi connectivity index (χ0) is 18.8. The molecular weight excluding hydrogens is 360 g/mol. The van der Waals surface area contributed by atoms with Crippen molar-refractivity contribution in [1.29, 1.82) is 0 Å². The summed E-state index contributed by atoms with van der Waals surface area (Å²) in [7, 11) is 0. The van der Waals surface area contributed by atoms with Crippen molar-refractivity contribution >= 4 is 0 Å². The van der Waals surface area contributed by atoms with Gasteiger partial charge in [0.15, 0.2) is 0 Å². The van der Waals surface area contributed by atoms with Crippen LogP contribution >= 0.6 is 0 Å². The first-order chi connectivity index (χ1) is 12.6. The molecule has 0 amide bonds. The molecule has 0 fully saturated rings. The Hall–Kier alpha value is -2.15. The van der Waals surface area contributed by atoms with Crippen molar-refractivity contribution in [1.82, 2.24) is 0 Å². The maximum atomic E-state index is 2.12. The molecular formula is C26H28Ti. The van der Waals surface area contributed by atoms with Crippen LogP contribution in [0, 0.1) is 27.7 Å². The van der Waals surface area contributed by atoms with Gasteiger partial charge in [-0.2, -0.15) is 34.4 Å². The number of aryl methyl sites for hydroxylation is 4. The van der Waals surface area contributed by atoms with Crippen LogP contribution in [0.1, 0.15) is 22.3 Å². The normalized spacial score (nSPS) is 9.19. The Bertz CT molecular complexity index is 758. The monoisotopic (exact) mass is 388 g/mol. The van der Waals surface area contributed by atoms with Gasteiger partial charge in [0.25, 0.3) is 0 Å². The summed E-state index contributed by atoms with van der Waals surface area (Å²) in [6.45, 7) is 8.48. The van der Waals surface area contributed by atoms with E-state index in [0.717, 1.165) is 0 Å². The van der Waals surface area contributed by atoms with Crippen molar-refractivity contribution in [3.05, 3.63) is 119 Å². The topological polar surface area (TPSA) is 0 Å². The second-order valence-electron chi connectivity index (χ2n) is 6.52. The summed E-state index contributed by atoms with van der Waals surface area (Å²) in [5, 5.41) is 0. The Labute approximate surface area is 179 Å². The van der Waals surface area contributed by atoms with E-state index < -0.39 is 0 Å². The van der Waals surface area contributed by atoms with Crippen LogP contribution < -0.4 is 0 Å². The molecule has 0 spiro atoms. The Morgan fingerprint density at radius 3 is 1.00 bits per heavy atom. The quantitative estimate of drug-likeness (QED) is 0.235. The molecule has 4 aromatic carbocycles. The van der Waals surface area contributed by atoms with E-state index in [0.29, 0.717) is 0 Å². The predicted octanol–water partition coefficient (Wildman–Crippen LogP) is 7.40. The molecule has 27 heavy (non-hydrogen) atoms. The minimum Gasteiger partial charge on any atom is -0.213 e. The summed E-state index contributed by atoms with van der Waals surface area (Å²) in [5.74, 6) is 0. The second-order valence-corrected chi connectivity index (χ2v) is 6.52. The molecule has 0 bridgehead atoms. The van der Waals surface area contributed by atoms with Gasteiger partial charge in [0.05, 0.1) is 0 Å². The van der Waals surface area contributed by atoms with Crippen molar-refractivity contribution in [2.45, 2.75) is 27.7 Å². The fourth-order valence-corrected chi connectivity index (χ4v) is 2.46. The average Bonchev–Trinajstić information content (AvgIpc) is 3.25. The van der Waals surface area contributed by atoms with Crippen LogP contribution in [0.4, 0.5) is 0 Å². The summed E-state index contributed by atoms with van der Waals surface area (Å²) >= 11 is 0. The Morgan fingerprint density at radius 2 is 0.815 bits per heavy atom. The minimum atomic E-state index is 0. The molecule has 0 saturated heterocycles. The molecule has 0 aliphatic rings. The van der Waals surface area contributed by atoms with Gasteiger partial charge in [-0.1, -0.05) is 88.4 Å². The van der Waals surface area contributed by atoms with E-state index in [9.17, 15) is 0 Å². The van der Waals surface area contributed by atoms with E-state index in [-0.39, 0.29) is 21.7 Å². The van der Waals surface area contributed by atoms with Gasteiger partial charge < -0.3 is 0 Å². The molecule has 0 radical (unpaired) electrons. The standard InChI is InChI=1S/C12H10.2C7H9.Ti/c1-3-7-11(8-4-1)12-9-5-2-6-10-12;2*1-6-4-3-5-7(6)2;/h1-10H;2*3-5H,1-2H3;/q;2*-1;+2. The first-order valence-corrected chi connectivity index (χ1v) is 9.06. The SMILES string of the molecule is Cc1ccc[c-]1C.Cc1ccc[c-]1C.[Ti+2].c1ccc(-c2ccccc2)cc1. The molecule has 1 heteroatoms. The first kappa shape index (κ1) is 22.9. The van der Waals surface area contributed by atoms with Crippen LogP contribution in [0.5, 0.6) is 0 Å². The van der Waals surface area contributed by atoms with E-state index in [1.807, 2.05) is 12.1 Å². The maximum Gasteiger partial charge on any atom is 2.00 e. The van der Waals surface area contributed by atoms with E-state index in [1.54, 1.807) is 0 Å². The van der Waals surface area contributed by atoms with Crippen molar-refractivity contribution in [2.75, 3.05) is 0 Å². The molecule has 0 saturated carbocycles. The molecule has 0 aromatic heterocycles. The molecule has 0 nitrogen and oxygen atoms in total. The van der Waals surface area contributed by atoms with E-state index >= 15 is 0 Å². The minimum absolute atomic E-state index is 0. The zero-order valence-corrected chi connectivity index (χ0v) is 18.3. The van der Waals surface area contributed by atoms with E-state index in [2.05, 4.69) is 113 Å². The Morgan fingerprint density at radius 1 is 0.481 bits per heavy atom. The fraction of sp³-hybridized carbons (Fsp3) is 0.154. The molecule has 4 aromatic rings. The average molecular weight is 388 g/mol. The zero-order valence-electron chi connectivity index (χ0n) is 16.7. The van der Waals surface area contributed by atoms with Crippen molar-refractivity contribution in [3.8, 4) is 11.1 Å². The molecule has 0 heterocycles. The largest absolute Gasteiger partial charge is 2.00 e. The van der Waals surface area contributed by atoms with Crippen LogP contribution in [0.2, 0.25) is 0 Å². The molecule has 4 rings (SSSR count). The number of hydrogen-bond donors (Lipinski definition) is 0. The molecule has 0 aliphatic carbocycles. The van der Waals surface area contributed by atoms with Crippen LogP contribution in [0.25, 0.3) is 11.1 Å². The van der Waals surface area contributed by atoms with E-state index in [4.69, 9.17) is 0 Å². The van der Waals surface area contributed by atoms with Gasteiger partial charge in [0, 0.05) is 0 Å². The van der Waals surface area contributed by atoms with Crippen LogP contribution in [-0.4, -0.2) is 0 Å². The number of benzene rings is 2. The van der Waals surface area contributed by atoms with Gasteiger partial charge in [-0.25, -0.2) is 24.3 Å². The van der Waals surface area contributed by atoms with Crippen molar-refractivity contribution < 1.29 is 21.7 Å². The van der Waals surface area contributed by atoms with Gasteiger partial charge in [-0.15, -0.1) is 0 Å². The third-order valence-electron chi connectivity index (χ3n) is 4.51. The Balaban J connectivity index is 0.000000211. The van der Waals surface area contributed by atoms with Gasteiger partial charge >= 0.3 is 21.7 Å². The van der Waals surface area contributed by atoms with Gasteiger partial charge in [0.2, 0.25) is 0 Å². The summed E-state index contributed by atoms with van der Waals surface area (Å²) in [4.78, 5) is 0. The van der Waals surface area contributed by atoms with Crippen LogP contribution in [0.15, 0.2) is 97.1 Å². The smallest absolute Gasteiger partial charge is 0.213 e. The second kappa shape index (κ2) is 12.3. The predicted molar refractivity (Wildman–Crippen MR) is 115 cm³/mol. The van der Waals surface area contributed by atoms with E-state index in [1.165, 1.54) is 33.4 Å². The molecule has 0 N–H and O–H groups in total. The molecule has 136 valence electrons. The number of rotatable bonds is 1. The first-order valence-electron chi connectivity index (χ1n) is 9.06. The third kappa shape index (κ3) is 7.95. The van der Waals surface area contributed by atoms with Crippen LogP contribution in [-0.2, 0) is 21.7 Å². The van der Waals surface area contributed by atoms with Crippen LogP contribution in [0.3, 0.4) is 0 Å². The summed E-state index contributed by atoms with van der Waals surface area (Å²) in [6, 6.07) is 33.4. The molecule has 0 aliphatic heterocycles. The molecule has 0 atom stereocenters. The van der Waals surface area contributed by atoms with Crippen molar-refractivity contribution in [2.24, 2.45) is 0 Å². The number of hydrogen-bond acceptors (Lipinski definition) is 0. The Kier molecular flexibility index (Phi) is 10.4.